The van der Waals surface area contributed by atoms with Crippen molar-refractivity contribution in [3.05, 3.63) is 28.9 Å². The van der Waals surface area contributed by atoms with Gasteiger partial charge >= 0.3 is 0 Å². The number of methoxy groups -OCH3 is 1. The quantitative estimate of drug-likeness (QED) is 0.403. The molecule has 1 aromatic heterocycles. The van der Waals surface area contributed by atoms with E-state index < -0.39 is 29.8 Å². The van der Waals surface area contributed by atoms with Gasteiger partial charge in [0.15, 0.2) is 0 Å². The fraction of sp³-hybridized carbons (Fsp3) is 0.586. The smallest absolute Gasteiger partial charge is 0.271 e. The highest BCUT2D eigenvalue weighted by Crippen LogP contribution is 2.47. The minimum Gasteiger partial charge on any atom is -0.496 e. The molecule has 0 bridgehead atoms. The van der Waals surface area contributed by atoms with Crippen LogP contribution in [0.15, 0.2) is 18.2 Å². The Bertz CT molecular complexity index is 1350. The number of likely N-dealkylation sites (tertiary alicyclic amines) is 1. The van der Waals surface area contributed by atoms with E-state index in [1.54, 1.807) is 30.2 Å². The number of H-pyrrole nitrogens is 1. The van der Waals surface area contributed by atoms with E-state index in [4.69, 9.17) is 22.1 Å². The third-order valence-electron chi connectivity index (χ3n) is 8.91. The summed E-state index contributed by atoms with van der Waals surface area (Å²) in [5.41, 5.74) is 6.04. The first-order valence-electron chi connectivity index (χ1n) is 14.0. The number of halogens is 1. The average molecular weight is 572 g/mol. The number of fused-ring (bicyclic) bond motifs is 1. The molecule has 1 aromatic carbocycles. The minimum atomic E-state index is -1.02. The first-order chi connectivity index (χ1) is 18.9. The van der Waals surface area contributed by atoms with Crippen LogP contribution in [0.1, 0.15) is 75.7 Å². The van der Waals surface area contributed by atoms with Gasteiger partial charge in [-0.05, 0) is 69.6 Å². The highest BCUT2D eigenvalue weighted by atomic mass is 35.5. The Morgan fingerprint density at radius 1 is 1.20 bits per heavy atom. The lowest BCUT2D eigenvalue weighted by molar-refractivity contribution is -0.131. The molecule has 5 rings (SSSR count). The first-order valence-corrected chi connectivity index (χ1v) is 14.4. The van der Waals surface area contributed by atoms with Crippen molar-refractivity contribution in [1.82, 2.24) is 20.5 Å². The van der Waals surface area contributed by atoms with Crippen molar-refractivity contribution < 1.29 is 23.9 Å². The van der Waals surface area contributed by atoms with Gasteiger partial charge in [-0.25, -0.2) is 0 Å². The molecule has 2 saturated heterocycles. The van der Waals surface area contributed by atoms with E-state index in [2.05, 4.69) is 15.6 Å². The van der Waals surface area contributed by atoms with Crippen LogP contribution in [-0.2, 0) is 14.4 Å². The van der Waals surface area contributed by atoms with Crippen molar-refractivity contribution >= 4 is 46.1 Å². The molecule has 40 heavy (non-hydrogen) atoms. The van der Waals surface area contributed by atoms with Crippen molar-refractivity contribution in [3.8, 4) is 5.75 Å². The summed E-state index contributed by atoms with van der Waals surface area (Å²) in [6.45, 7) is 4.28. The van der Waals surface area contributed by atoms with Gasteiger partial charge in [-0.15, -0.1) is 0 Å². The topological polar surface area (TPSA) is 147 Å². The number of nitrogens with zero attached hydrogens (tertiary/aromatic N) is 1. The van der Waals surface area contributed by atoms with Gasteiger partial charge in [0.2, 0.25) is 17.7 Å². The highest BCUT2D eigenvalue weighted by molar-refractivity contribution is 6.35. The molecule has 1 spiro atoms. The van der Waals surface area contributed by atoms with E-state index in [1.165, 1.54) is 0 Å². The van der Waals surface area contributed by atoms with Crippen molar-refractivity contribution in [3.63, 3.8) is 0 Å². The molecule has 3 aliphatic rings. The third kappa shape index (κ3) is 5.38. The molecular weight excluding hydrogens is 534 g/mol. The summed E-state index contributed by atoms with van der Waals surface area (Å²) in [4.78, 5) is 57.4. The number of nitrogens with one attached hydrogen (secondary N) is 3. The average Bonchev–Trinajstić information content (AvgIpc) is 3.58. The normalized spacial score (nSPS) is 24.2. The molecule has 2 aromatic rings. The highest BCUT2D eigenvalue weighted by Gasteiger charge is 2.50. The summed E-state index contributed by atoms with van der Waals surface area (Å²) in [6.07, 6.45) is 6.26. The number of nitrogens with two attached hydrogens (primary N) is 1. The predicted molar refractivity (Wildman–Crippen MR) is 151 cm³/mol. The van der Waals surface area contributed by atoms with Crippen molar-refractivity contribution in [1.29, 1.82) is 0 Å². The zero-order valence-corrected chi connectivity index (χ0v) is 24.0. The number of amides is 4. The number of primary amides is 1. The standard InChI is InChI=1S/C29H38ClN5O5/c1-28(2)13-16(25(37)34-28)11-19(24(31)36)33-26(38)21-14-29(9-5-4-6-10-29)15-35(21)27(39)20-12-17-22(40-3)8-7-18(30)23(17)32-20/h7-8,12,16,19,21,32H,4-6,9-11,13-15H2,1-3H3,(H2,31,36)(H,33,38)(H,34,37)/t16-,19?,21+/m1/s1. The maximum atomic E-state index is 14.0. The number of hydrogen-bond acceptors (Lipinski definition) is 5. The van der Waals surface area contributed by atoms with Crippen LogP contribution in [0.3, 0.4) is 0 Å². The van der Waals surface area contributed by atoms with Gasteiger partial charge in [0.05, 0.1) is 17.6 Å². The molecule has 3 atom stereocenters. The molecule has 10 nitrogen and oxygen atoms in total. The number of aromatic nitrogens is 1. The van der Waals surface area contributed by atoms with Crippen molar-refractivity contribution in [2.75, 3.05) is 13.7 Å². The molecule has 1 unspecified atom stereocenters. The van der Waals surface area contributed by atoms with Crippen LogP contribution in [-0.4, -0.2) is 64.8 Å². The number of aromatic amines is 1. The molecule has 4 amide bonds. The molecule has 3 fully saturated rings. The predicted octanol–water partition coefficient (Wildman–Crippen LogP) is 3.27. The van der Waals surface area contributed by atoms with Gasteiger partial charge in [-0.3, -0.25) is 19.2 Å². The summed E-state index contributed by atoms with van der Waals surface area (Å²) >= 11 is 6.40. The number of benzene rings is 1. The Kier molecular flexibility index (Phi) is 7.50. The molecular formula is C29H38ClN5O5. The summed E-state index contributed by atoms with van der Waals surface area (Å²) in [5, 5.41) is 6.86. The molecule has 1 saturated carbocycles. The second-order valence-electron chi connectivity index (χ2n) is 12.4. The van der Waals surface area contributed by atoms with Gasteiger partial charge in [0.1, 0.15) is 23.5 Å². The molecule has 216 valence electrons. The number of carbonyl (C=O) groups is 4. The number of ether oxygens (including phenoxy) is 1. The Morgan fingerprint density at radius 2 is 1.93 bits per heavy atom. The van der Waals surface area contributed by atoms with E-state index >= 15 is 0 Å². The van der Waals surface area contributed by atoms with Crippen LogP contribution in [0.25, 0.3) is 10.9 Å². The zero-order valence-electron chi connectivity index (χ0n) is 23.3. The minimum absolute atomic E-state index is 0.114. The molecule has 11 heteroatoms. The maximum Gasteiger partial charge on any atom is 0.271 e. The fourth-order valence-electron chi connectivity index (χ4n) is 6.96. The Hall–Kier alpha value is -3.27. The van der Waals surface area contributed by atoms with Gasteiger partial charge in [-0.1, -0.05) is 30.9 Å². The lowest BCUT2D eigenvalue weighted by Gasteiger charge is -2.32. The Morgan fingerprint density at radius 3 is 2.55 bits per heavy atom. The maximum absolute atomic E-state index is 14.0. The van der Waals surface area contributed by atoms with Gasteiger partial charge in [0.25, 0.3) is 5.91 Å². The number of rotatable bonds is 7. The number of carbonyl (C=O) groups excluding carboxylic acids is 4. The molecule has 5 N–H and O–H groups in total. The van der Waals surface area contributed by atoms with Crippen LogP contribution in [0.2, 0.25) is 5.02 Å². The Balaban J connectivity index is 1.41. The molecule has 2 aliphatic heterocycles. The SMILES string of the molecule is COc1ccc(Cl)c2[nH]c(C(=O)N3CC4(CCCCC4)C[C@H]3C(=O)NC(C[C@@H]3CC(C)(C)NC3=O)C(N)=O)cc12. The van der Waals surface area contributed by atoms with E-state index in [1.807, 2.05) is 13.8 Å². The largest absolute Gasteiger partial charge is 0.496 e. The van der Waals surface area contributed by atoms with Gasteiger partial charge in [-0.2, -0.15) is 0 Å². The monoisotopic (exact) mass is 571 g/mol. The van der Waals surface area contributed by atoms with Crippen molar-refractivity contribution in [2.45, 2.75) is 82.8 Å². The second kappa shape index (κ2) is 10.6. The summed E-state index contributed by atoms with van der Waals surface area (Å²) in [7, 11) is 1.55. The van der Waals surface area contributed by atoms with E-state index in [-0.39, 0.29) is 29.2 Å². The van der Waals surface area contributed by atoms with Gasteiger partial charge in [0, 0.05) is 23.4 Å². The summed E-state index contributed by atoms with van der Waals surface area (Å²) < 4.78 is 5.45. The van der Waals surface area contributed by atoms with Crippen LogP contribution in [0, 0.1) is 11.3 Å². The second-order valence-corrected chi connectivity index (χ2v) is 12.8. The van der Waals surface area contributed by atoms with Crippen LogP contribution in [0.5, 0.6) is 5.75 Å². The molecule has 1 aliphatic carbocycles. The lowest BCUT2D eigenvalue weighted by Crippen LogP contribution is -2.53. The summed E-state index contributed by atoms with van der Waals surface area (Å²) in [6, 6.07) is 3.35. The zero-order chi connectivity index (χ0) is 28.8. The van der Waals surface area contributed by atoms with Crippen LogP contribution >= 0.6 is 11.6 Å². The van der Waals surface area contributed by atoms with Crippen molar-refractivity contribution in [2.24, 2.45) is 17.1 Å². The van der Waals surface area contributed by atoms with Gasteiger partial charge < -0.3 is 31.0 Å². The molecule has 0 radical (unpaired) electrons. The lowest BCUT2D eigenvalue weighted by atomic mass is 9.72. The Labute approximate surface area is 238 Å². The van der Waals surface area contributed by atoms with E-state index in [0.717, 1.165) is 32.1 Å². The first kappa shape index (κ1) is 28.3. The summed E-state index contributed by atoms with van der Waals surface area (Å²) in [5.74, 6) is -1.46. The van der Waals surface area contributed by atoms with E-state index in [9.17, 15) is 19.2 Å². The molecule has 3 heterocycles. The van der Waals surface area contributed by atoms with Crippen LogP contribution < -0.4 is 21.1 Å². The number of hydrogen-bond donors (Lipinski definition) is 4. The third-order valence-corrected chi connectivity index (χ3v) is 9.22. The van der Waals surface area contributed by atoms with E-state index in [0.29, 0.717) is 46.8 Å². The fourth-order valence-corrected chi connectivity index (χ4v) is 7.17. The van der Waals surface area contributed by atoms with Crippen LogP contribution in [0.4, 0.5) is 0 Å².